The van der Waals surface area contributed by atoms with E-state index in [1.807, 2.05) is 12.1 Å². The molecule has 0 fully saturated rings. The van der Waals surface area contributed by atoms with Crippen molar-refractivity contribution in [2.45, 2.75) is 39.7 Å². The van der Waals surface area contributed by atoms with Gasteiger partial charge in [-0.1, -0.05) is 56.6 Å². The molecule has 0 saturated carbocycles. The van der Waals surface area contributed by atoms with Crippen LogP contribution in [0, 0.1) is 6.92 Å². The van der Waals surface area contributed by atoms with Gasteiger partial charge < -0.3 is 5.32 Å². The van der Waals surface area contributed by atoms with Crippen molar-refractivity contribution in [3.8, 4) is 0 Å². The summed E-state index contributed by atoms with van der Waals surface area (Å²) in [6.45, 7) is 8.78. The highest BCUT2D eigenvalue weighted by atomic mass is 35.5. The summed E-state index contributed by atoms with van der Waals surface area (Å²) in [4.78, 5) is 12.2. The largest absolute Gasteiger partial charge is 0.347 e. The fourth-order valence-corrected chi connectivity index (χ4v) is 2.51. The lowest BCUT2D eigenvalue weighted by atomic mass is 9.87. The van der Waals surface area contributed by atoms with Crippen molar-refractivity contribution in [2.75, 3.05) is 0 Å². The van der Waals surface area contributed by atoms with Crippen LogP contribution in [0.5, 0.6) is 0 Å². The smallest absolute Gasteiger partial charge is 0.271 e. The number of nitrogens with one attached hydrogen (secondary N) is 1. The molecule has 1 heterocycles. The summed E-state index contributed by atoms with van der Waals surface area (Å²) in [6, 6.07) is 8.28. The number of benzene rings is 1. The Balaban J connectivity index is 2.05. The summed E-state index contributed by atoms with van der Waals surface area (Å²) in [5.74, 6) is -0.215. The molecule has 2 aromatic rings. The van der Waals surface area contributed by atoms with Gasteiger partial charge in [0.25, 0.3) is 5.91 Å². The van der Waals surface area contributed by atoms with Crippen LogP contribution in [0.2, 0.25) is 5.02 Å². The average molecular weight is 320 g/mol. The van der Waals surface area contributed by atoms with Gasteiger partial charge in [0, 0.05) is 13.6 Å². The number of hydrogen-bond acceptors (Lipinski definition) is 2. The molecule has 0 spiro atoms. The molecule has 5 heteroatoms. The van der Waals surface area contributed by atoms with Crippen molar-refractivity contribution in [3.63, 3.8) is 0 Å². The lowest BCUT2D eigenvalue weighted by Gasteiger charge is -2.19. The molecule has 0 bridgehead atoms. The Morgan fingerprint density at radius 2 is 1.86 bits per heavy atom. The second-order valence-corrected chi connectivity index (χ2v) is 6.88. The first-order valence-corrected chi connectivity index (χ1v) is 7.64. The number of hydrogen-bond donors (Lipinski definition) is 1. The molecule has 1 amide bonds. The zero-order valence-electron chi connectivity index (χ0n) is 13.7. The number of rotatable bonds is 3. The van der Waals surface area contributed by atoms with E-state index in [9.17, 15) is 4.79 Å². The molecule has 2 rings (SSSR count). The second-order valence-electron chi connectivity index (χ2n) is 6.50. The van der Waals surface area contributed by atoms with Gasteiger partial charge in [0.15, 0.2) is 0 Å². The van der Waals surface area contributed by atoms with Gasteiger partial charge in [-0.25, -0.2) is 0 Å². The SMILES string of the molecule is Cc1nn(C)c(C(=O)NCc2ccc(C(C)(C)C)cc2)c1Cl. The molecule has 4 nitrogen and oxygen atoms in total. The quantitative estimate of drug-likeness (QED) is 0.939. The molecule has 1 N–H and O–H groups in total. The van der Waals surface area contributed by atoms with E-state index >= 15 is 0 Å². The average Bonchev–Trinajstić information content (AvgIpc) is 2.69. The molecule has 0 aliphatic heterocycles. The Bertz CT molecular complexity index is 681. The number of aromatic nitrogens is 2. The summed E-state index contributed by atoms with van der Waals surface area (Å²) in [6.07, 6.45) is 0. The van der Waals surface area contributed by atoms with E-state index in [2.05, 4.69) is 43.3 Å². The maximum Gasteiger partial charge on any atom is 0.271 e. The van der Waals surface area contributed by atoms with Crippen LogP contribution in [-0.2, 0) is 19.0 Å². The highest BCUT2D eigenvalue weighted by Crippen LogP contribution is 2.22. The van der Waals surface area contributed by atoms with E-state index < -0.39 is 0 Å². The Hall–Kier alpha value is -1.81. The zero-order chi connectivity index (χ0) is 16.5. The molecule has 0 atom stereocenters. The van der Waals surface area contributed by atoms with Crippen LogP contribution in [0.3, 0.4) is 0 Å². The van der Waals surface area contributed by atoms with Crippen molar-refractivity contribution in [1.29, 1.82) is 0 Å². The molecule has 1 aromatic heterocycles. The molecular formula is C17H22ClN3O. The third-order valence-electron chi connectivity index (χ3n) is 3.64. The molecule has 0 saturated heterocycles. The molecule has 22 heavy (non-hydrogen) atoms. The Kier molecular flexibility index (Phi) is 4.61. The summed E-state index contributed by atoms with van der Waals surface area (Å²) >= 11 is 6.12. The van der Waals surface area contributed by atoms with E-state index in [1.165, 1.54) is 10.2 Å². The second kappa shape index (κ2) is 6.13. The predicted octanol–water partition coefficient (Wildman–Crippen LogP) is 3.61. The first-order chi connectivity index (χ1) is 10.2. The number of carbonyl (C=O) groups is 1. The number of amides is 1. The van der Waals surface area contributed by atoms with Crippen LogP contribution in [0.15, 0.2) is 24.3 Å². The van der Waals surface area contributed by atoms with Crippen LogP contribution >= 0.6 is 11.6 Å². The van der Waals surface area contributed by atoms with Crippen molar-refractivity contribution < 1.29 is 4.79 Å². The van der Waals surface area contributed by atoms with E-state index in [1.54, 1.807) is 14.0 Å². The Labute approximate surface area is 136 Å². The van der Waals surface area contributed by atoms with Gasteiger partial charge in [-0.3, -0.25) is 9.48 Å². The van der Waals surface area contributed by atoms with E-state index in [0.717, 1.165) is 5.56 Å². The minimum atomic E-state index is -0.215. The number of nitrogens with zero attached hydrogens (tertiary/aromatic N) is 2. The van der Waals surface area contributed by atoms with Crippen LogP contribution in [0.4, 0.5) is 0 Å². The molecular weight excluding hydrogens is 298 g/mol. The predicted molar refractivity (Wildman–Crippen MR) is 89.3 cm³/mol. The van der Waals surface area contributed by atoms with Gasteiger partial charge in [0.1, 0.15) is 5.69 Å². The Morgan fingerprint density at radius 3 is 2.32 bits per heavy atom. The molecule has 118 valence electrons. The maximum atomic E-state index is 12.2. The monoisotopic (exact) mass is 319 g/mol. The van der Waals surface area contributed by atoms with Crippen LogP contribution < -0.4 is 5.32 Å². The summed E-state index contributed by atoms with van der Waals surface area (Å²) in [5, 5.41) is 7.44. The Morgan fingerprint density at radius 1 is 1.27 bits per heavy atom. The van der Waals surface area contributed by atoms with Crippen LogP contribution in [0.25, 0.3) is 0 Å². The maximum absolute atomic E-state index is 12.2. The molecule has 1 aromatic carbocycles. The third kappa shape index (κ3) is 3.50. The first kappa shape index (κ1) is 16.6. The fraction of sp³-hybridized carbons (Fsp3) is 0.412. The minimum absolute atomic E-state index is 0.127. The standard InChI is InChI=1S/C17H22ClN3O/c1-11-14(18)15(21(5)20-11)16(22)19-10-12-6-8-13(9-7-12)17(2,3)4/h6-9H,10H2,1-5H3,(H,19,22). The number of aryl methyl sites for hydroxylation is 2. The number of carbonyl (C=O) groups excluding carboxylic acids is 1. The van der Waals surface area contributed by atoms with Crippen molar-refractivity contribution >= 4 is 17.5 Å². The molecule has 0 aliphatic rings. The van der Waals surface area contributed by atoms with Crippen molar-refractivity contribution in [1.82, 2.24) is 15.1 Å². The zero-order valence-corrected chi connectivity index (χ0v) is 14.5. The van der Waals surface area contributed by atoms with Crippen LogP contribution in [0.1, 0.15) is 48.1 Å². The third-order valence-corrected chi connectivity index (χ3v) is 4.09. The first-order valence-electron chi connectivity index (χ1n) is 7.27. The van der Waals surface area contributed by atoms with E-state index in [4.69, 9.17) is 11.6 Å². The van der Waals surface area contributed by atoms with E-state index in [0.29, 0.717) is 23.0 Å². The summed E-state index contributed by atoms with van der Waals surface area (Å²) in [5.41, 5.74) is 3.50. The molecule has 0 unspecified atom stereocenters. The fourth-order valence-electron chi connectivity index (χ4n) is 2.27. The summed E-state index contributed by atoms with van der Waals surface area (Å²) < 4.78 is 1.51. The van der Waals surface area contributed by atoms with E-state index in [-0.39, 0.29) is 11.3 Å². The highest BCUT2D eigenvalue weighted by Gasteiger charge is 2.18. The lowest BCUT2D eigenvalue weighted by Crippen LogP contribution is -2.25. The minimum Gasteiger partial charge on any atom is -0.347 e. The lowest BCUT2D eigenvalue weighted by molar-refractivity contribution is 0.0941. The normalized spacial score (nSPS) is 11.5. The topological polar surface area (TPSA) is 46.9 Å². The van der Waals surface area contributed by atoms with Crippen molar-refractivity contribution in [2.24, 2.45) is 7.05 Å². The molecule has 0 radical (unpaired) electrons. The van der Waals surface area contributed by atoms with Crippen LogP contribution in [-0.4, -0.2) is 15.7 Å². The van der Waals surface area contributed by atoms with Gasteiger partial charge >= 0.3 is 0 Å². The molecule has 0 aliphatic carbocycles. The highest BCUT2D eigenvalue weighted by molar-refractivity contribution is 6.34. The van der Waals surface area contributed by atoms with Gasteiger partial charge in [0.05, 0.1) is 10.7 Å². The number of halogens is 1. The van der Waals surface area contributed by atoms with Gasteiger partial charge in [-0.15, -0.1) is 0 Å². The van der Waals surface area contributed by atoms with Gasteiger partial charge in [-0.2, -0.15) is 5.10 Å². The van der Waals surface area contributed by atoms with Gasteiger partial charge in [-0.05, 0) is 23.5 Å². The van der Waals surface area contributed by atoms with Crippen molar-refractivity contribution in [3.05, 3.63) is 51.8 Å². The van der Waals surface area contributed by atoms with Gasteiger partial charge in [0.2, 0.25) is 0 Å². The summed E-state index contributed by atoms with van der Waals surface area (Å²) in [7, 11) is 1.71.